The molecule has 1 aromatic rings. The lowest BCUT2D eigenvalue weighted by Crippen LogP contribution is -2.37. The molecule has 3 heteroatoms. The van der Waals surface area contributed by atoms with Crippen molar-refractivity contribution in [2.24, 2.45) is 17.8 Å². The fourth-order valence-electron chi connectivity index (χ4n) is 3.81. The fourth-order valence-corrected chi connectivity index (χ4v) is 3.81. The molecule has 2 bridgehead atoms. The van der Waals surface area contributed by atoms with Crippen molar-refractivity contribution < 1.29 is 0 Å². The monoisotopic (exact) mass is 215 g/mol. The number of imidazole rings is 1. The minimum Gasteiger partial charge on any atom is -0.348 e. The van der Waals surface area contributed by atoms with Crippen molar-refractivity contribution in [3.8, 4) is 6.07 Å². The van der Waals surface area contributed by atoms with Gasteiger partial charge in [-0.15, -0.1) is 0 Å². The summed E-state index contributed by atoms with van der Waals surface area (Å²) in [5.41, 5.74) is 0. The van der Waals surface area contributed by atoms with E-state index >= 15 is 0 Å². The van der Waals surface area contributed by atoms with Gasteiger partial charge in [0.05, 0.1) is 6.07 Å². The molecule has 3 saturated carbocycles. The number of aromatic amines is 1. The van der Waals surface area contributed by atoms with Crippen LogP contribution in [0, 0.1) is 29.1 Å². The summed E-state index contributed by atoms with van der Waals surface area (Å²) >= 11 is 0. The predicted molar refractivity (Wildman–Crippen MR) is 60.5 cm³/mol. The lowest BCUT2D eigenvalue weighted by Gasteiger charge is -2.46. The van der Waals surface area contributed by atoms with Crippen LogP contribution in [-0.4, -0.2) is 9.97 Å². The molecule has 0 radical (unpaired) electrons. The summed E-state index contributed by atoms with van der Waals surface area (Å²) in [6.45, 7) is 0. The van der Waals surface area contributed by atoms with Gasteiger partial charge in [-0.2, -0.15) is 5.26 Å². The first-order valence-electron chi connectivity index (χ1n) is 6.24. The maximum absolute atomic E-state index is 8.89. The summed E-state index contributed by atoms with van der Waals surface area (Å²) in [6, 6.07) is 2.36. The Morgan fingerprint density at radius 1 is 1.44 bits per heavy atom. The molecule has 3 nitrogen and oxygen atoms in total. The van der Waals surface area contributed by atoms with Crippen LogP contribution >= 0.6 is 0 Å². The average molecular weight is 215 g/mol. The van der Waals surface area contributed by atoms with E-state index in [0.29, 0.717) is 17.8 Å². The number of nitrogens with one attached hydrogen (secondary N) is 1. The summed E-state index contributed by atoms with van der Waals surface area (Å²) in [5.74, 6) is 3.88. The first-order valence-corrected chi connectivity index (χ1v) is 6.24. The van der Waals surface area contributed by atoms with Crippen LogP contribution < -0.4 is 0 Å². The van der Waals surface area contributed by atoms with Crippen LogP contribution in [0.5, 0.6) is 0 Å². The summed E-state index contributed by atoms with van der Waals surface area (Å²) in [5, 5.41) is 8.89. The molecular weight excluding hydrogens is 198 g/mol. The number of nitrogens with zero attached hydrogens (tertiary/aromatic N) is 2. The van der Waals surface area contributed by atoms with E-state index in [1.54, 1.807) is 0 Å². The number of H-pyrrole nitrogens is 1. The van der Waals surface area contributed by atoms with Crippen LogP contribution in [-0.2, 0) is 0 Å². The van der Waals surface area contributed by atoms with E-state index in [1.165, 1.54) is 25.7 Å². The van der Waals surface area contributed by atoms with Crippen molar-refractivity contribution >= 4 is 0 Å². The Hall–Kier alpha value is -1.30. The molecule has 0 aliphatic heterocycles. The highest BCUT2D eigenvalue weighted by molar-refractivity contribution is 5.07. The number of hydrogen-bond donors (Lipinski definition) is 1. The van der Waals surface area contributed by atoms with Gasteiger partial charge in [0.25, 0.3) is 0 Å². The molecule has 0 spiro atoms. The molecule has 3 fully saturated rings. The van der Waals surface area contributed by atoms with Gasteiger partial charge in [-0.25, -0.2) is 4.98 Å². The second-order valence-electron chi connectivity index (χ2n) is 5.28. The van der Waals surface area contributed by atoms with Crippen LogP contribution in [0.15, 0.2) is 12.4 Å². The van der Waals surface area contributed by atoms with Crippen molar-refractivity contribution in [3.63, 3.8) is 0 Å². The van der Waals surface area contributed by atoms with Gasteiger partial charge in [0.15, 0.2) is 0 Å². The third-order valence-corrected chi connectivity index (χ3v) is 4.48. The molecule has 0 saturated heterocycles. The lowest BCUT2D eigenvalue weighted by molar-refractivity contribution is 0.0730. The fraction of sp³-hybridized carbons (Fsp3) is 0.692. The Bertz CT molecular complexity index is 390. The molecule has 84 valence electrons. The second-order valence-corrected chi connectivity index (χ2v) is 5.28. The Morgan fingerprint density at radius 3 is 3.06 bits per heavy atom. The molecule has 1 aromatic heterocycles. The lowest BCUT2D eigenvalue weighted by atomic mass is 9.58. The number of fused-ring (bicyclic) bond motifs is 3. The third-order valence-electron chi connectivity index (χ3n) is 4.48. The molecule has 3 aliphatic rings. The molecule has 4 rings (SSSR count). The van der Waals surface area contributed by atoms with Crippen LogP contribution in [0.3, 0.4) is 0 Å². The highest BCUT2D eigenvalue weighted by Gasteiger charge is 2.43. The first-order chi connectivity index (χ1) is 7.88. The zero-order valence-corrected chi connectivity index (χ0v) is 9.39. The third kappa shape index (κ3) is 1.53. The smallest absolute Gasteiger partial charge is 0.109 e. The van der Waals surface area contributed by atoms with Gasteiger partial charge >= 0.3 is 0 Å². The maximum atomic E-state index is 8.89. The van der Waals surface area contributed by atoms with E-state index in [-0.39, 0.29) is 0 Å². The van der Waals surface area contributed by atoms with Crippen LogP contribution in [0.25, 0.3) is 0 Å². The van der Waals surface area contributed by atoms with Crippen molar-refractivity contribution in [1.29, 1.82) is 5.26 Å². The standard InChI is InChI=1S/C13H17N3/c14-4-3-10-7-9-1-2-11(10)12(8-9)13-15-5-6-16-13/h5-6,9-12H,1-3,7-8H2,(H,15,16). The topological polar surface area (TPSA) is 52.5 Å². The minimum absolute atomic E-state index is 0.584. The molecule has 16 heavy (non-hydrogen) atoms. The normalized spacial score (nSPS) is 37.2. The molecular formula is C13H17N3. The number of aromatic nitrogens is 2. The van der Waals surface area contributed by atoms with Crippen LogP contribution in [0.4, 0.5) is 0 Å². The summed E-state index contributed by atoms with van der Waals surface area (Å²) < 4.78 is 0. The Kier molecular flexibility index (Phi) is 2.43. The van der Waals surface area contributed by atoms with Gasteiger partial charge in [-0.05, 0) is 37.0 Å². The highest BCUT2D eigenvalue weighted by atomic mass is 14.9. The molecule has 4 unspecified atom stereocenters. The highest BCUT2D eigenvalue weighted by Crippen LogP contribution is 2.52. The van der Waals surface area contributed by atoms with Gasteiger partial charge in [0.2, 0.25) is 0 Å². The summed E-state index contributed by atoms with van der Waals surface area (Å²) in [4.78, 5) is 7.68. The van der Waals surface area contributed by atoms with Gasteiger partial charge in [-0.3, -0.25) is 0 Å². The van der Waals surface area contributed by atoms with Crippen molar-refractivity contribution in [2.45, 2.75) is 38.0 Å². The predicted octanol–water partition coefficient (Wildman–Crippen LogP) is 2.84. The molecule has 3 aliphatic carbocycles. The zero-order chi connectivity index (χ0) is 11.0. The van der Waals surface area contributed by atoms with Crippen molar-refractivity contribution in [1.82, 2.24) is 9.97 Å². The SMILES string of the molecule is N#CCC1CC2CCC1C(c1ncc[nH]1)C2. The maximum Gasteiger partial charge on any atom is 0.109 e. The molecule has 0 amide bonds. The Balaban J connectivity index is 1.84. The average Bonchev–Trinajstić information content (AvgIpc) is 2.83. The van der Waals surface area contributed by atoms with Crippen LogP contribution in [0.1, 0.15) is 43.8 Å². The molecule has 4 atom stereocenters. The van der Waals surface area contributed by atoms with Gasteiger partial charge < -0.3 is 4.98 Å². The quantitative estimate of drug-likeness (QED) is 0.824. The van der Waals surface area contributed by atoms with E-state index in [9.17, 15) is 0 Å². The van der Waals surface area contributed by atoms with Crippen molar-refractivity contribution in [3.05, 3.63) is 18.2 Å². The first kappa shape index (κ1) is 9.89. The second kappa shape index (κ2) is 3.93. The van der Waals surface area contributed by atoms with E-state index in [1.807, 2.05) is 12.4 Å². The molecule has 1 N–H and O–H groups in total. The van der Waals surface area contributed by atoms with Gasteiger partial charge in [0, 0.05) is 24.7 Å². The van der Waals surface area contributed by atoms with Gasteiger partial charge in [0.1, 0.15) is 5.82 Å². The molecule has 1 heterocycles. The van der Waals surface area contributed by atoms with E-state index in [4.69, 9.17) is 5.26 Å². The summed E-state index contributed by atoms with van der Waals surface area (Å²) in [6.07, 6.45) is 9.70. The zero-order valence-electron chi connectivity index (χ0n) is 9.39. The number of rotatable bonds is 2. The largest absolute Gasteiger partial charge is 0.348 e. The number of hydrogen-bond acceptors (Lipinski definition) is 2. The molecule has 0 aromatic carbocycles. The van der Waals surface area contributed by atoms with Crippen LogP contribution in [0.2, 0.25) is 0 Å². The van der Waals surface area contributed by atoms with E-state index in [2.05, 4.69) is 16.0 Å². The van der Waals surface area contributed by atoms with Gasteiger partial charge in [-0.1, -0.05) is 6.42 Å². The Labute approximate surface area is 95.9 Å². The van der Waals surface area contributed by atoms with Crippen molar-refractivity contribution in [2.75, 3.05) is 0 Å². The minimum atomic E-state index is 0.584. The summed E-state index contributed by atoms with van der Waals surface area (Å²) in [7, 11) is 0. The van der Waals surface area contributed by atoms with E-state index in [0.717, 1.165) is 18.2 Å². The number of nitriles is 1. The van der Waals surface area contributed by atoms with E-state index < -0.39 is 0 Å². The Morgan fingerprint density at radius 2 is 2.38 bits per heavy atom.